The SMILES string of the molecule is COc1cnn(CCN(C)C)c1C(N)Cc1ccncc1. The molecule has 114 valence electrons. The Labute approximate surface area is 125 Å². The molecule has 1 unspecified atom stereocenters. The second-order valence-electron chi connectivity index (χ2n) is 5.29. The van der Waals surface area contributed by atoms with Crippen LogP contribution in [0, 0.1) is 0 Å². The lowest BCUT2D eigenvalue weighted by atomic mass is 10.0. The van der Waals surface area contributed by atoms with Gasteiger partial charge < -0.3 is 15.4 Å². The van der Waals surface area contributed by atoms with Crippen molar-refractivity contribution in [1.82, 2.24) is 19.7 Å². The molecule has 0 aromatic carbocycles. The molecule has 2 aromatic rings. The summed E-state index contributed by atoms with van der Waals surface area (Å²) < 4.78 is 7.34. The van der Waals surface area contributed by atoms with Crippen LogP contribution in [0.4, 0.5) is 0 Å². The zero-order valence-electron chi connectivity index (χ0n) is 12.9. The van der Waals surface area contributed by atoms with Gasteiger partial charge in [-0.1, -0.05) is 0 Å². The van der Waals surface area contributed by atoms with Gasteiger partial charge in [0, 0.05) is 18.9 Å². The van der Waals surface area contributed by atoms with Crippen LogP contribution in [0.15, 0.2) is 30.7 Å². The monoisotopic (exact) mass is 289 g/mol. The Morgan fingerprint density at radius 3 is 2.67 bits per heavy atom. The van der Waals surface area contributed by atoms with Crippen molar-refractivity contribution in [3.8, 4) is 5.75 Å². The summed E-state index contributed by atoms with van der Waals surface area (Å²) in [4.78, 5) is 6.14. The van der Waals surface area contributed by atoms with E-state index in [1.807, 2.05) is 30.9 Å². The average molecular weight is 289 g/mol. The maximum atomic E-state index is 6.38. The molecule has 2 aromatic heterocycles. The van der Waals surface area contributed by atoms with Gasteiger partial charge in [-0.3, -0.25) is 9.67 Å². The van der Waals surface area contributed by atoms with Gasteiger partial charge in [0.2, 0.25) is 0 Å². The van der Waals surface area contributed by atoms with E-state index in [9.17, 15) is 0 Å². The predicted octanol–water partition coefficient (Wildman–Crippen LogP) is 1.09. The second kappa shape index (κ2) is 7.19. The molecule has 0 spiro atoms. The third-order valence-corrected chi connectivity index (χ3v) is 3.38. The second-order valence-corrected chi connectivity index (χ2v) is 5.29. The zero-order valence-corrected chi connectivity index (χ0v) is 12.9. The fourth-order valence-electron chi connectivity index (χ4n) is 2.25. The van der Waals surface area contributed by atoms with E-state index in [1.165, 1.54) is 0 Å². The normalized spacial score (nSPS) is 12.6. The maximum Gasteiger partial charge on any atom is 0.161 e. The van der Waals surface area contributed by atoms with Crippen molar-refractivity contribution in [3.63, 3.8) is 0 Å². The van der Waals surface area contributed by atoms with Gasteiger partial charge in [0.25, 0.3) is 0 Å². The van der Waals surface area contributed by atoms with Crippen molar-refractivity contribution in [2.75, 3.05) is 27.7 Å². The Balaban J connectivity index is 2.17. The van der Waals surface area contributed by atoms with Crippen LogP contribution in [0.25, 0.3) is 0 Å². The number of likely N-dealkylation sites (N-methyl/N-ethyl adjacent to an activating group) is 1. The summed E-state index contributed by atoms with van der Waals surface area (Å²) in [6.07, 6.45) is 6.02. The number of hydrogen-bond donors (Lipinski definition) is 1. The molecule has 2 N–H and O–H groups in total. The van der Waals surface area contributed by atoms with E-state index in [-0.39, 0.29) is 6.04 Å². The van der Waals surface area contributed by atoms with Gasteiger partial charge in [0.15, 0.2) is 5.75 Å². The molecule has 2 rings (SSSR count). The molecule has 0 amide bonds. The third kappa shape index (κ3) is 4.03. The quantitative estimate of drug-likeness (QED) is 0.826. The van der Waals surface area contributed by atoms with Crippen LogP contribution in [0.1, 0.15) is 17.3 Å². The molecular weight excluding hydrogens is 266 g/mol. The summed E-state index contributed by atoms with van der Waals surface area (Å²) in [5, 5.41) is 4.39. The number of pyridine rings is 1. The number of nitrogens with two attached hydrogens (primary N) is 1. The van der Waals surface area contributed by atoms with Gasteiger partial charge in [0.05, 0.1) is 31.6 Å². The standard InChI is InChI=1S/C15H23N5O/c1-19(2)8-9-20-15(14(21-3)11-18-20)13(16)10-12-4-6-17-7-5-12/h4-7,11,13H,8-10,16H2,1-3H3. The van der Waals surface area contributed by atoms with Gasteiger partial charge in [-0.05, 0) is 38.2 Å². The van der Waals surface area contributed by atoms with Crippen LogP contribution in [0.2, 0.25) is 0 Å². The summed E-state index contributed by atoms with van der Waals surface area (Å²) in [7, 11) is 5.73. The van der Waals surface area contributed by atoms with Gasteiger partial charge in [-0.15, -0.1) is 0 Å². The Hall–Kier alpha value is -1.92. The largest absolute Gasteiger partial charge is 0.493 e. The Bertz CT molecular complexity index is 552. The molecule has 0 aliphatic carbocycles. The highest BCUT2D eigenvalue weighted by Gasteiger charge is 2.19. The van der Waals surface area contributed by atoms with E-state index in [0.717, 1.165) is 36.5 Å². The highest BCUT2D eigenvalue weighted by molar-refractivity contribution is 5.29. The zero-order chi connectivity index (χ0) is 15.2. The van der Waals surface area contributed by atoms with Crippen molar-refractivity contribution >= 4 is 0 Å². The molecule has 0 radical (unpaired) electrons. The van der Waals surface area contributed by atoms with Crippen LogP contribution in [-0.4, -0.2) is 47.4 Å². The average Bonchev–Trinajstić information content (AvgIpc) is 2.89. The van der Waals surface area contributed by atoms with Crippen molar-refractivity contribution in [2.45, 2.75) is 19.0 Å². The number of ether oxygens (including phenoxy) is 1. The number of rotatable bonds is 7. The first-order valence-corrected chi connectivity index (χ1v) is 7.00. The summed E-state index contributed by atoms with van der Waals surface area (Å²) in [6.45, 7) is 1.69. The van der Waals surface area contributed by atoms with Crippen molar-refractivity contribution in [2.24, 2.45) is 5.73 Å². The Kier molecular flexibility index (Phi) is 5.30. The minimum Gasteiger partial charge on any atom is -0.493 e. The first-order chi connectivity index (χ1) is 10.1. The van der Waals surface area contributed by atoms with Crippen molar-refractivity contribution in [3.05, 3.63) is 42.0 Å². The summed E-state index contributed by atoms with van der Waals surface area (Å²) in [5.41, 5.74) is 8.47. The van der Waals surface area contributed by atoms with E-state index in [4.69, 9.17) is 10.5 Å². The highest BCUT2D eigenvalue weighted by atomic mass is 16.5. The molecule has 0 aliphatic heterocycles. The lowest BCUT2D eigenvalue weighted by Gasteiger charge is -2.17. The predicted molar refractivity (Wildman–Crippen MR) is 82.2 cm³/mol. The number of aromatic nitrogens is 3. The molecule has 2 heterocycles. The molecular formula is C15H23N5O. The smallest absolute Gasteiger partial charge is 0.161 e. The lowest BCUT2D eigenvalue weighted by Crippen LogP contribution is -2.24. The fourth-order valence-corrected chi connectivity index (χ4v) is 2.25. The molecule has 6 nitrogen and oxygen atoms in total. The summed E-state index contributed by atoms with van der Waals surface area (Å²) >= 11 is 0. The van der Waals surface area contributed by atoms with Gasteiger partial charge in [-0.2, -0.15) is 5.10 Å². The van der Waals surface area contributed by atoms with Crippen molar-refractivity contribution in [1.29, 1.82) is 0 Å². The van der Waals surface area contributed by atoms with Crippen LogP contribution >= 0.6 is 0 Å². The van der Waals surface area contributed by atoms with E-state index in [2.05, 4.69) is 15.0 Å². The molecule has 6 heteroatoms. The first kappa shape index (κ1) is 15.5. The maximum absolute atomic E-state index is 6.38. The Morgan fingerprint density at radius 1 is 1.33 bits per heavy atom. The lowest BCUT2D eigenvalue weighted by molar-refractivity contribution is 0.360. The van der Waals surface area contributed by atoms with E-state index in [0.29, 0.717) is 0 Å². The van der Waals surface area contributed by atoms with E-state index in [1.54, 1.807) is 25.7 Å². The summed E-state index contributed by atoms with van der Waals surface area (Å²) in [6, 6.07) is 3.80. The van der Waals surface area contributed by atoms with Crippen LogP contribution < -0.4 is 10.5 Å². The minimum absolute atomic E-state index is 0.160. The molecule has 0 fully saturated rings. The van der Waals surface area contributed by atoms with Gasteiger partial charge >= 0.3 is 0 Å². The molecule has 0 aliphatic rings. The van der Waals surface area contributed by atoms with Crippen molar-refractivity contribution < 1.29 is 4.74 Å². The fraction of sp³-hybridized carbons (Fsp3) is 0.467. The van der Waals surface area contributed by atoms with E-state index >= 15 is 0 Å². The van der Waals surface area contributed by atoms with Gasteiger partial charge in [-0.25, -0.2) is 0 Å². The molecule has 21 heavy (non-hydrogen) atoms. The molecule has 0 saturated heterocycles. The van der Waals surface area contributed by atoms with Crippen LogP contribution in [-0.2, 0) is 13.0 Å². The van der Waals surface area contributed by atoms with Crippen LogP contribution in [0.3, 0.4) is 0 Å². The topological polar surface area (TPSA) is 69.2 Å². The summed E-state index contributed by atoms with van der Waals surface area (Å²) in [5.74, 6) is 0.746. The third-order valence-electron chi connectivity index (χ3n) is 3.38. The Morgan fingerprint density at radius 2 is 2.05 bits per heavy atom. The number of methoxy groups -OCH3 is 1. The minimum atomic E-state index is -0.160. The number of hydrogen-bond acceptors (Lipinski definition) is 5. The molecule has 0 saturated carbocycles. The van der Waals surface area contributed by atoms with E-state index < -0.39 is 0 Å². The first-order valence-electron chi connectivity index (χ1n) is 7.00. The van der Waals surface area contributed by atoms with Crippen LogP contribution in [0.5, 0.6) is 5.75 Å². The molecule has 0 bridgehead atoms. The molecule has 1 atom stereocenters. The van der Waals surface area contributed by atoms with Gasteiger partial charge in [0.1, 0.15) is 0 Å². The number of nitrogens with zero attached hydrogens (tertiary/aromatic N) is 4. The highest BCUT2D eigenvalue weighted by Crippen LogP contribution is 2.25.